The molecule has 3 N–H and O–H groups in total. The Morgan fingerprint density at radius 3 is 2.01 bits per heavy atom. The molecule has 3 aromatic carbocycles. The molecule has 3 saturated carbocycles. The van der Waals surface area contributed by atoms with Gasteiger partial charge in [0.15, 0.2) is 11.7 Å². The highest BCUT2D eigenvalue weighted by Gasteiger charge is 2.45. The van der Waals surface area contributed by atoms with Gasteiger partial charge in [0.25, 0.3) is 0 Å². The Kier molecular flexibility index (Phi) is 16.3. The van der Waals surface area contributed by atoms with Crippen LogP contribution in [0.5, 0.6) is 0 Å². The third-order valence-corrected chi connectivity index (χ3v) is 18.7. The minimum Gasteiger partial charge on any atom is -0.483 e. The van der Waals surface area contributed by atoms with Crippen LogP contribution in [-0.4, -0.2) is 55.7 Å². The van der Waals surface area contributed by atoms with E-state index < -0.39 is 47.3 Å². The van der Waals surface area contributed by atoms with E-state index in [-0.39, 0.29) is 64.3 Å². The molecule has 1 saturated heterocycles. The van der Waals surface area contributed by atoms with Crippen molar-refractivity contribution < 1.29 is 36.6 Å². The lowest BCUT2D eigenvalue weighted by Crippen LogP contribution is -2.46. The van der Waals surface area contributed by atoms with Crippen LogP contribution < -0.4 is 16.0 Å². The van der Waals surface area contributed by atoms with Crippen molar-refractivity contribution in [2.24, 2.45) is 35.0 Å². The molecule has 8 nitrogen and oxygen atoms in total. The number of nitrogens with one attached hydrogen (secondary N) is 3. The smallest absolute Gasteiger partial charge is 0.407 e. The third kappa shape index (κ3) is 11.0. The summed E-state index contributed by atoms with van der Waals surface area (Å²) in [5.41, 5.74) is 7.80. The number of hydrogen-bond acceptors (Lipinski definition) is 7. The summed E-state index contributed by atoms with van der Waals surface area (Å²) in [7, 11) is 2.87. The Morgan fingerprint density at radius 2 is 1.38 bits per heavy atom. The number of fused-ring (bicyclic) bond motifs is 2. The molecule has 2 unspecified atom stereocenters. The number of nitrogens with zero attached hydrogens (tertiary/aromatic N) is 1. The van der Waals surface area contributed by atoms with Gasteiger partial charge in [-0.2, -0.15) is 0 Å². The molecule has 2 heterocycles. The Morgan fingerprint density at radius 1 is 0.724 bits per heavy atom. The molecule has 9 rings (SSSR count). The number of Topliss-reactive ketones (excluding diaryl/α,β-unsaturated/α-hetero) is 1. The predicted octanol–water partition coefficient (Wildman–Crippen LogP) is 14.9. The first kappa shape index (κ1) is 55.2. The minimum atomic E-state index is -0.631. The van der Waals surface area contributed by atoms with Gasteiger partial charge in [-0.25, -0.2) is 22.4 Å². The average Bonchev–Trinajstić information content (AvgIpc) is 4.22. The molecule has 0 spiro atoms. The second kappa shape index (κ2) is 22.4. The van der Waals surface area contributed by atoms with Crippen LogP contribution in [0.15, 0.2) is 78.5 Å². The molecule has 1 amide bonds. The SMILES string of the molecule is C=C(N[C@H](C(=O)C1CCC[C@H]1C1=CCc2cc([C@H]3CC[C@H](c4cc5c(cc4F)CC([C@@H]4CCCN4C(=C)[C@@H](NC(=O)OC)C(C)C)=C5)C3c3cc(F)c(C4CCC(C(C)(C)C)CC4)c(F)c3)c(F)cc2N1)C(C)C)OC. The molecule has 0 bridgehead atoms. The van der Waals surface area contributed by atoms with Crippen molar-refractivity contribution in [2.75, 3.05) is 26.1 Å². The zero-order valence-electron chi connectivity index (χ0n) is 46.5. The number of alkyl carbamates (subject to hydrolysis) is 1. The first-order valence-electron chi connectivity index (χ1n) is 28.3. The molecular formula is C64H82F4N4O4. The van der Waals surface area contributed by atoms with E-state index in [0.717, 1.165) is 85.1 Å². The van der Waals surface area contributed by atoms with Crippen LogP contribution in [-0.2, 0) is 27.1 Å². The number of hydrogen-bond donors (Lipinski definition) is 3. The lowest BCUT2D eigenvalue weighted by molar-refractivity contribution is -0.126. The zero-order valence-corrected chi connectivity index (χ0v) is 46.5. The topological polar surface area (TPSA) is 91.9 Å². The van der Waals surface area contributed by atoms with Crippen LogP contribution in [0.3, 0.4) is 0 Å². The number of ketones is 1. The number of rotatable bonds is 16. The van der Waals surface area contributed by atoms with Gasteiger partial charge >= 0.3 is 6.09 Å². The highest BCUT2D eigenvalue weighted by Crippen LogP contribution is 2.57. The van der Waals surface area contributed by atoms with Gasteiger partial charge in [-0.3, -0.25) is 4.79 Å². The van der Waals surface area contributed by atoms with Crippen LogP contribution in [0.1, 0.15) is 182 Å². The molecular weight excluding hydrogens is 965 g/mol. The quantitative estimate of drug-likeness (QED) is 0.0972. The number of benzene rings is 3. The first-order valence-corrected chi connectivity index (χ1v) is 28.3. The molecule has 12 heteroatoms. The Hall–Kier alpha value is -5.52. The minimum absolute atomic E-state index is 0.0112. The van der Waals surface area contributed by atoms with Crippen molar-refractivity contribution >= 4 is 23.6 Å². The number of amides is 1. The van der Waals surface area contributed by atoms with Crippen molar-refractivity contribution in [3.8, 4) is 0 Å². The van der Waals surface area contributed by atoms with E-state index in [2.05, 4.69) is 66.9 Å². The number of carbonyl (C=O) groups excluding carboxylic acids is 2. The van der Waals surface area contributed by atoms with E-state index in [1.54, 1.807) is 12.1 Å². The largest absolute Gasteiger partial charge is 0.483 e. The fourth-order valence-electron chi connectivity index (χ4n) is 14.6. The monoisotopic (exact) mass is 1050 g/mol. The lowest BCUT2D eigenvalue weighted by Gasteiger charge is -2.37. The summed E-state index contributed by atoms with van der Waals surface area (Å²) in [6.07, 6.45) is 13.4. The lowest BCUT2D eigenvalue weighted by atomic mass is 9.68. The van der Waals surface area contributed by atoms with Crippen molar-refractivity contribution in [3.63, 3.8) is 0 Å². The number of anilines is 1. The van der Waals surface area contributed by atoms with E-state index in [4.69, 9.17) is 9.47 Å². The van der Waals surface area contributed by atoms with E-state index in [1.165, 1.54) is 26.4 Å². The molecule has 0 radical (unpaired) electrons. The summed E-state index contributed by atoms with van der Waals surface area (Å²) in [6.45, 7) is 23.9. The maximum atomic E-state index is 17.2. The maximum Gasteiger partial charge on any atom is 0.407 e. The highest BCUT2D eigenvalue weighted by molar-refractivity contribution is 5.88. The van der Waals surface area contributed by atoms with Crippen molar-refractivity contribution in [1.29, 1.82) is 0 Å². The van der Waals surface area contributed by atoms with E-state index in [9.17, 15) is 9.59 Å². The van der Waals surface area contributed by atoms with Gasteiger partial charge in [0.05, 0.1) is 32.3 Å². The fraction of sp³-hybridized carbons (Fsp3) is 0.562. The Bertz CT molecular complexity index is 2760. The van der Waals surface area contributed by atoms with Gasteiger partial charge in [0.2, 0.25) is 0 Å². The second-order valence-corrected chi connectivity index (χ2v) is 24.9. The number of allylic oxidation sites excluding steroid dienone is 2. The summed E-state index contributed by atoms with van der Waals surface area (Å²) in [5, 5.41) is 9.70. The molecule has 8 atom stereocenters. The van der Waals surface area contributed by atoms with Crippen LogP contribution in [0.25, 0.3) is 6.08 Å². The van der Waals surface area contributed by atoms with Crippen LogP contribution in [0, 0.1) is 58.3 Å². The number of likely N-dealkylation sites (tertiary alicyclic amines) is 1. The predicted molar refractivity (Wildman–Crippen MR) is 295 cm³/mol. The number of methoxy groups -OCH3 is 2. The molecule has 2 aliphatic heterocycles. The van der Waals surface area contributed by atoms with Crippen LogP contribution in [0.2, 0.25) is 0 Å². The summed E-state index contributed by atoms with van der Waals surface area (Å²) >= 11 is 0. The first-order chi connectivity index (χ1) is 36.2. The summed E-state index contributed by atoms with van der Waals surface area (Å²) in [4.78, 5) is 28.8. The van der Waals surface area contributed by atoms with Gasteiger partial charge < -0.3 is 30.3 Å². The molecule has 4 aliphatic carbocycles. The van der Waals surface area contributed by atoms with Gasteiger partial charge in [-0.15, -0.1) is 0 Å². The van der Waals surface area contributed by atoms with E-state index in [1.807, 2.05) is 39.8 Å². The maximum absolute atomic E-state index is 17.2. The molecule has 410 valence electrons. The Labute approximate surface area is 449 Å². The highest BCUT2D eigenvalue weighted by atomic mass is 19.1. The molecule has 3 aromatic rings. The van der Waals surface area contributed by atoms with Gasteiger partial charge in [-0.05, 0) is 200 Å². The Balaban J connectivity index is 1.03. The van der Waals surface area contributed by atoms with Crippen molar-refractivity contribution in [2.45, 2.75) is 174 Å². The van der Waals surface area contributed by atoms with Gasteiger partial charge in [0.1, 0.15) is 23.3 Å². The van der Waals surface area contributed by atoms with Crippen molar-refractivity contribution in [3.05, 3.63) is 141 Å². The number of ether oxygens (including phenoxy) is 2. The van der Waals surface area contributed by atoms with Gasteiger partial charge in [0, 0.05) is 41.0 Å². The zero-order chi connectivity index (χ0) is 54.5. The van der Waals surface area contributed by atoms with Crippen LogP contribution in [0.4, 0.5) is 28.0 Å². The summed E-state index contributed by atoms with van der Waals surface area (Å²) in [5.74, 6) is -3.11. The summed E-state index contributed by atoms with van der Waals surface area (Å²) in [6, 6.07) is 9.20. The molecule has 4 fully saturated rings. The normalized spacial score (nSPS) is 26.1. The van der Waals surface area contributed by atoms with Crippen LogP contribution >= 0.6 is 0 Å². The summed E-state index contributed by atoms with van der Waals surface area (Å²) < 4.78 is 78.2. The van der Waals surface area contributed by atoms with E-state index >= 15 is 17.6 Å². The van der Waals surface area contributed by atoms with Crippen molar-refractivity contribution in [1.82, 2.24) is 15.5 Å². The fourth-order valence-corrected chi connectivity index (χ4v) is 14.6. The number of halogens is 4. The molecule has 6 aliphatic rings. The standard InChI is InChI=1S/C64H82F4N4O4/c1-34(2)60(71-63(74)76-11)36(5)72-25-13-16-57(72)42-26-40-29-50(51(65)30-41(40)27-42)47-23-22-46(58(47)43-31-53(67)59(54(68)32-43)38-17-20-44(21-18-38)64(7,8)9)49-28-39-19-24-55(70-56(39)33-52(49)66)45-14-12-15-48(45)62(73)61(35(3)4)69-37(6)75-10/h24,26,28-35,38,44-48,57-58,60-61,69-70H,5-6,12-23,25,27H2,1-4,7-11H3,(H,71,74)/t38?,44?,45-,46-,47-,48?,57+,58?,60+,61+/m1/s1. The molecule has 76 heavy (non-hydrogen) atoms. The van der Waals surface area contributed by atoms with E-state index in [0.29, 0.717) is 72.7 Å². The number of carbonyl (C=O) groups is 2. The third-order valence-electron chi connectivity index (χ3n) is 18.7. The van der Waals surface area contributed by atoms with Gasteiger partial charge in [-0.1, -0.05) is 79.7 Å². The second-order valence-electron chi connectivity index (χ2n) is 24.9. The average molecular weight is 1050 g/mol. The molecule has 0 aromatic heterocycles.